The number of hydrogen-bond donors (Lipinski definition) is 2. The number of carbonyl (C=O) groups is 1. The third-order valence-corrected chi connectivity index (χ3v) is 4.31. The van der Waals surface area contributed by atoms with Crippen molar-refractivity contribution in [2.45, 2.75) is 26.3 Å². The van der Waals surface area contributed by atoms with Crippen molar-refractivity contribution in [3.63, 3.8) is 0 Å². The van der Waals surface area contributed by atoms with Crippen molar-refractivity contribution in [3.8, 4) is 0 Å². The number of anilines is 1. The summed E-state index contributed by atoms with van der Waals surface area (Å²) in [6.07, 6.45) is 0.587. The second-order valence-electron chi connectivity index (χ2n) is 6.18. The third-order valence-electron chi connectivity index (χ3n) is 4.31. The number of piperazine rings is 1. The molecule has 0 radical (unpaired) electrons. The van der Waals surface area contributed by atoms with Gasteiger partial charge in [-0.25, -0.2) is 0 Å². The number of para-hydroxylation sites is 1. The summed E-state index contributed by atoms with van der Waals surface area (Å²) in [5.41, 5.74) is 1.29. The van der Waals surface area contributed by atoms with Gasteiger partial charge in [0.15, 0.2) is 0 Å². The van der Waals surface area contributed by atoms with Crippen LogP contribution < -0.4 is 15.5 Å². The lowest BCUT2D eigenvalue weighted by Gasteiger charge is -2.36. The number of rotatable bonds is 8. The molecule has 1 aliphatic heterocycles. The van der Waals surface area contributed by atoms with E-state index < -0.39 is 0 Å². The largest absolute Gasteiger partial charge is 0.369 e. The summed E-state index contributed by atoms with van der Waals surface area (Å²) in [7, 11) is 0. The minimum atomic E-state index is 0. The Morgan fingerprint density at radius 2 is 1.76 bits per heavy atom. The molecule has 2 N–H and O–H groups in total. The molecular weight excluding hydrogens is 359 g/mol. The second kappa shape index (κ2) is 13.2. The zero-order valence-electron chi connectivity index (χ0n) is 15.2. The molecule has 2 rings (SSSR count). The van der Waals surface area contributed by atoms with Crippen LogP contribution in [0.3, 0.4) is 0 Å². The van der Waals surface area contributed by atoms with Crippen molar-refractivity contribution in [3.05, 3.63) is 30.3 Å². The highest BCUT2D eigenvalue weighted by molar-refractivity contribution is 5.85. The quantitative estimate of drug-likeness (QED) is 0.713. The van der Waals surface area contributed by atoms with Gasteiger partial charge in [-0.05, 0) is 25.6 Å². The van der Waals surface area contributed by atoms with E-state index in [-0.39, 0.29) is 30.7 Å². The zero-order chi connectivity index (χ0) is 16.5. The highest BCUT2D eigenvalue weighted by Gasteiger charge is 2.17. The summed E-state index contributed by atoms with van der Waals surface area (Å²) >= 11 is 0. The smallest absolute Gasteiger partial charge is 0.221 e. The predicted octanol–water partition coefficient (Wildman–Crippen LogP) is 2.16. The van der Waals surface area contributed by atoms with E-state index in [0.717, 1.165) is 39.3 Å². The Labute approximate surface area is 164 Å². The Morgan fingerprint density at radius 1 is 1.12 bits per heavy atom. The summed E-state index contributed by atoms with van der Waals surface area (Å²) in [6.45, 7) is 10.8. The maximum atomic E-state index is 11.9. The lowest BCUT2D eigenvalue weighted by Crippen LogP contribution is -2.47. The topological polar surface area (TPSA) is 47.6 Å². The van der Waals surface area contributed by atoms with Crippen LogP contribution in [0.2, 0.25) is 0 Å². The summed E-state index contributed by atoms with van der Waals surface area (Å²) < 4.78 is 0. The minimum Gasteiger partial charge on any atom is -0.369 e. The standard InChI is InChI=1S/C18H30N4O.2ClH/c1-3-19-16(2)15-20-18(23)9-10-21-11-13-22(14-12-21)17-7-5-4-6-8-17;;/h4-8,16,19H,3,9-15H2,1-2H3,(H,20,23);2*1H/t16-;;/m1../s1. The highest BCUT2D eigenvalue weighted by atomic mass is 35.5. The van der Waals surface area contributed by atoms with Crippen LogP contribution in [-0.2, 0) is 4.79 Å². The predicted molar refractivity (Wildman–Crippen MR) is 110 cm³/mol. The molecule has 0 aromatic heterocycles. The fourth-order valence-electron chi connectivity index (χ4n) is 2.90. The molecule has 1 fully saturated rings. The van der Waals surface area contributed by atoms with Crippen LogP contribution in [0.4, 0.5) is 5.69 Å². The number of likely N-dealkylation sites (N-methyl/N-ethyl adjacent to an activating group) is 1. The maximum Gasteiger partial charge on any atom is 0.221 e. The number of nitrogens with one attached hydrogen (secondary N) is 2. The number of nitrogens with zero attached hydrogens (tertiary/aromatic N) is 2. The highest BCUT2D eigenvalue weighted by Crippen LogP contribution is 2.15. The van der Waals surface area contributed by atoms with Gasteiger partial charge in [-0.15, -0.1) is 24.8 Å². The van der Waals surface area contributed by atoms with Gasteiger partial charge in [-0.3, -0.25) is 9.69 Å². The number of carbonyl (C=O) groups excluding carboxylic acids is 1. The normalized spacial score (nSPS) is 15.7. The maximum absolute atomic E-state index is 11.9. The number of amides is 1. The Morgan fingerprint density at radius 3 is 2.36 bits per heavy atom. The first-order chi connectivity index (χ1) is 11.2. The lowest BCUT2D eigenvalue weighted by atomic mass is 10.2. The third kappa shape index (κ3) is 8.77. The molecule has 1 saturated heterocycles. The van der Waals surface area contributed by atoms with Crippen molar-refractivity contribution >= 4 is 36.4 Å². The molecule has 0 unspecified atom stereocenters. The summed E-state index contributed by atoms with van der Waals surface area (Å²) in [4.78, 5) is 16.7. The van der Waals surface area contributed by atoms with E-state index in [1.165, 1.54) is 5.69 Å². The molecule has 1 amide bonds. The Bertz CT molecular complexity index is 467. The molecule has 0 spiro atoms. The number of halogens is 2. The molecule has 5 nitrogen and oxygen atoms in total. The van der Waals surface area contributed by atoms with E-state index in [9.17, 15) is 4.79 Å². The van der Waals surface area contributed by atoms with Crippen LogP contribution in [0.5, 0.6) is 0 Å². The number of hydrogen-bond acceptors (Lipinski definition) is 4. The molecule has 144 valence electrons. The molecule has 0 aliphatic carbocycles. The Balaban J connectivity index is 0.00000288. The molecule has 0 bridgehead atoms. The van der Waals surface area contributed by atoms with Gasteiger partial charge in [0, 0.05) is 57.4 Å². The lowest BCUT2D eigenvalue weighted by molar-refractivity contribution is -0.121. The van der Waals surface area contributed by atoms with Gasteiger partial charge in [0.05, 0.1) is 0 Å². The van der Waals surface area contributed by atoms with Crippen molar-refractivity contribution in [1.29, 1.82) is 0 Å². The van der Waals surface area contributed by atoms with E-state index in [1.807, 2.05) is 0 Å². The van der Waals surface area contributed by atoms with Crippen LogP contribution >= 0.6 is 24.8 Å². The molecule has 25 heavy (non-hydrogen) atoms. The van der Waals surface area contributed by atoms with Crippen molar-refractivity contribution in [2.24, 2.45) is 0 Å². The molecular formula is C18H32Cl2N4O. The van der Waals surface area contributed by atoms with Gasteiger partial charge in [0.25, 0.3) is 0 Å². The van der Waals surface area contributed by atoms with Gasteiger partial charge < -0.3 is 15.5 Å². The fraction of sp³-hybridized carbons (Fsp3) is 0.611. The zero-order valence-corrected chi connectivity index (χ0v) is 16.9. The summed E-state index contributed by atoms with van der Waals surface area (Å²) in [5, 5.41) is 6.30. The van der Waals surface area contributed by atoms with Gasteiger partial charge in [-0.2, -0.15) is 0 Å². The van der Waals surface area contributed by atoms with Gasteiger partial charge in [0.1, 0.15) is 0 Å². The molecule has 1 aliphatic rings. The first kappa shape index (κ1) is 24.0. The molecule has 1 aromatic carbocycles. The average Bonchev–Trinajstić information content (AvgIpc) is 2.59. The van der Waals surface area contributed by atoms with Crippen molar-refractivity contribution < 1.29 is 4.79 Å². The Hall–Kier alpha value is -1.01. The van der Waals surface area contributed by atoms with Gasteiger partial charge in [-0.1, -0.05) is 25.1 Å². The first-order valence-electron chi connectivity index (χ1n) is 8.71. The fourth-order valence-corrected chi connectivity index (χ4v) is 2.90. The molecule has 0 saturated carbocycles. The summed E-state index contributed by atoms with van der Waals surface area (Å²) in [6, 6.07) is 10.9. The first-order valence-corrected chi connectivity index (χ1v) is 8.71. The molecule has 1 aromatic rings. The SMILES string of the molecule is CCN[C@H](C)CNC(=O)CCN1CCN(c2ccccc2)CC1.Cl.Cl. The monoisotopic (exact) mass is 390 g/mol. The van der Waals surface area contributed by atoms with Crippen molar-refractivity contribution in [1.82, 2.24) is 15.5 Å². The van der Waals surface area contributed by atoms with Crippen LogP contribution in [0, 0.1) is 0 Å². The molecule has 1 heterocycles. The second-order valence-corrected chi connectivity index (χ2v) is 6.18. The minimum absolute atomic E-state index is 0. The van der Waals surface area contributed by atoms with Crippen LogP contribution in [0.15, 0.2) is 30.3 Å². The molecule has 7 heteroatoms. The average molecular weight is 391 g/mol. The van der Waals surface area contributed by atoms with E-state index in [0.29, 0.717) is 19.0 Å². The van der Waals surface area contributed by atoms with E-state index in [4.69, 9.17) is 0 Å². The van der Waals surface area contributed by atoms with E-state index in [1.54, 1.807) is 0 Å². The molecule has 1 atom stereocenters. The van der Waals surface area contributed by atoms with E-state index in [2.05, 4.69) is 64.6 Å². The van der Waals surface area contributed by atoms with Crippen LogP contribution in [-0.4, -0.2) is 62.7 Å². The van der Waals surface area contributed by atoms with E-state index >= 15 is 0 Å². The van der Waals surface area contributed by atoms with Crippen LogP contribution in [0.1, 0.15) is 20.3 Å². The van der Waals surface area contributed by atoms with Gasteiger partial charge in [0.2, 0.25) is 5.91 Å². The van der Waals surface area contributed by atoms with Crippen molar-refractivity contribution in [2.75, 3.05) is 50.7 Å². The van der Waals surface area contributed by atoms with Crippen LogP contribution in [0.25, 0.3) is 0 Å². The van der Waals surface area contributed by atoms with Gasteiger partial charge >= 0.3 is 0 Å². The Kier molecular flexibility index (Phi) is 12.7. The number of benzene rings is 1. The summed E-state index contributed by atoms with van der Waals surface area (Å²) in [5.74, 6) is 0.153.